The first kappa shape index (κ1) is 15.6. The third-order valence-electron chi connectivity index (χ3n) is 4.02. The summed E-state index contributed by atoms with van der Waals surface area (Å²) in [5, 5.41) is 12.5. The summed E-state index contributed by atoms with van der Waals surface area (Å²) in [7, 11) is 1.53. The van der Waals surface area contributed by atoms with Crippen molar-refractivity contribution in [1.82, 2.24) is 5.32 Å². The minimum absolute atomic E-state index is 0.00903. The Kier molecular flexibility index (Phi) is 4.73. The van der Waals surface area contributed by atoms with Gasteiger partial charge in [-0.3, -0.25) is 9.59 Å². The summed E-state index contributed by atoms with van der Waals surface area (Å²) in [6.07, 6.45) is 1.99. The molecule has 5 nitrogen and oxygen atoms in total. The van der Waals surface area contributed by atoms with Crippen LogP contribution in [0.25, 0.3) is 0 Å². The Hall–Kier alpha value is -1.75. The number of nitrogens with one attached hydrogen (secondary N) is 1. The van der Waals surface area contributed by atoms with Gasteiger partial charge in [0.15, 0.2) is 0 Å². The third-order valence-corrected chi connectivity index (χ3v) is 4.38. The minimum Gasteiger partial charge on any atom is -0.496 e. The van der Waals surface area contributed by atoms with Gasteiger partial charge < -0.3 is 15.2 Å². The average molecular weight is 312 g/mol. The number of carbonyl (C=O) groups excluding carboxylic acids is 1. The van der Waals surface area contributed by atoms with E-state index in [0.29, 0.717) is 29.2 Å². The van der Waals surface area contributed by atoms with Crippen molar-refractivity contribution in [1.29, 1.82) is 0 Å². The minimum atomic E-state index is -0.890. The molecule has 1 amide bonds. The predicted octanol–water partition coefficient (Wildman–Crippen LogP) is 2.61. The number of carboxylic acids is 1. The molecule has 2 N–H and O–H groups in total. The van der Waals surface area contributed by atoms with Gasteiger partial charge in [0.25, 0.3) is 0 Å². The van der Waals surface area contributed by atoms with E-state index in [1.807, 2.05) is 0 Å². The van der Waals surface area contributed by atoms with Gasteiger partial charge in [-0.2, -0.15) is 0 Å². The van der Waals surface area contributed by atoms with Gasteiger partial charge >= 0.3 is 5.97 Å². The van der Waals surface area contributed by atoms with Crippen LogP contribution in [0.3, 0.4) is 0 Å². The van der Waals surface area contributed by atoms with E-state index < -0.39 is 11.4 Å². The number of hydrogen-bond donors (Lipinski definition) is 2. The molecule has 0 radical (unpaired) electrons. The van der Waals surface area contributed by atoms with Gasteiger partial charge in [0.2, 0.25) is 5.91 Å². The van der Waals surface area contributed by atoms with Crippen LogP contribution in [0.5, 0.6) is 5.75 Å². The monoisotopic (exact) mass is 311 g/mol. The first-order valence-electron chi connectivity index (χ1n) is 6.80. The molecule has 6 heteroatoms. The fourth-order valence-electron chi connectivity index (χ4n) is 2.53. The molecule has 0 atom stereocenters. The maximum atomic E-state index is 12.0. The molecule has 1 aliphatic rings. The van der Waals surface area contributed by atoms with E-state index in [0.717, 1.165) is 6.42 Å². The third kappa shape index (κ3) is 3.29. The SMILES string of the molecule is COc1cccc(Cl)c1CNC(=O)CC1(C(=O)O)CCC1. The lowest BCUT2D eigenvalue weighted by Crippen LogP contribution is -2.42. The fraction of sp³-hybridized carbons (Fsp3) is 0.467. The van der Waals surface area contributed by atoms with Crippen LogP contribution in [-0.4, -0.2) is 24.1 Å². The average Bonchev–Trinajstić information content (AvgIpc) is 2.40. The van der Waals surface area contributed by atoms with Crippen molar-refractivity contribution in [2.45, 2.75) is 32.2 Å². The van der Waals surface area contributed by atoms with Crippen LogP contribution in [0.15, 0.2) is 18.2 Å². The summed E-state index contributed by atoms with van der Waals surface area (Å²) in [4.78, 5) is 23.2. The lowest BCUT2D eigenvalue weighted by Gasteiger charge is -2.36. The van der Waals surface area contributed by atoms with E-state index in [1.54, 1.807) is 18.2 Å². The van der Waals surface area contributed by atoms with Crippen LogP contribution in [0, 0.1) is 5.41 Å². The van der Waals surface area contributed by atoms with Crippen LogP contribution in [0.4, 0.5) is 0 Å². The molecule has 2 rings (SSSR count). The van der Waals surface area contributed by atoms with Gasteiger partial charge in [-0.25, -0.2) is 0 Å². The second-order valence-electron chi connectivity index (χ2n) is 5.31. The van der Waals surface area contributed by atoms with Crippen molar-refractivity contribution in [2.24, 2.45) is 5.41 Å². The summed E-state index contributed by atoms with van der Waals surface area (Å²) in [5.74, 6) is -0.572. The smallest absolute Gasteiger partial charge is 0.310 e. The second kappa shape index (κ2) is 6.35. The van der Waals surface area contributed by atoms with E-state index in [2.05, 4.69) is 5.32 Å². The van der Waals surface area contributed by atoms with E-state index in [4.69, 9.17) is 16.3 Å². The van der Waals surface area contributed by atoms with E-state index >= 15 is 0 Å². The number of benzene rings is 1. The largest absolute Gasteiger partial charge is 0.496 e. The standard InChI is InChI=1S/C15H18ClNO4/c1-21-12-5-2-4-11(16)10(12)9-17-13(18)8-15(14(19)20)6-3-7-15/h2,4-5H,3,6-9H2,1H3,(H,17,18)(H,19,20). The Balaban J connectivity index is 1.97. The normalized spacial score (nSPS) is 15.9. The fourth-order valence-corrected chi connectivity index (χ4v) is 2.76. The highest BCUT2D eigenvalue weighted by Crippen LogP contribution is 2.44. The summed E-state index contributed by atoms with van der Waals surface area (Å²) in [5.41, 5.74) is -0.192. The molecule has 1 saturated carbocycles. The number of rotatable bonds is 6. The molecule has 0 aliphatic heterocycles. The zero-order valence-corrected chi connectivity index (χ0v) is 12.6. The summed E-state index contributed by atoms with van der Waals surface area (Å²) >= 11 is 6.09. The highest BCUT2D eigenvalue weighted by Gasteiger charge is 2.45. The van der Waals surface area contributed by atoms with E-state index in [9.17, 15) is 14.7 Å². The molecule has 0 unspecified atom stereocenters. The van der Waals surface area contributed by atoms with Crippen molar-refractivity contribution in [3.63, 3.8) is 0 Å². The molecule has 0 bridgehead atoms. The van der Waals surface area contributed by atoms with Crippen molar-refractivity contribution < 1.29 is 19.4 Å². The second-order valence-corrected chi connectivity index (χ2v) is 5.72. The molecule has 0 saturated heterocycles. The Labute approximate surface area is 128 Å². The maximum Gasteiger partial charge on any atom is 0.310 e. The molecule has 21 heavy (non-hydrogen) atoms. The number of amides is 1. The van der Waals surface area contributed by atoms with Crippen molar-refractivity contribution >= 4 is 23.5 Å². The Morgan fingerprint density at radius 1 is 1.43 bits per heavy atom. The molecular formula is C15H18ClNO4. The number of carbonyl (C=O) groups is 2. The predicted molar refractivity (Wildman–Crippen MR) is 78.4 cm³/mol. The molecule has 1 aromatic rings. The molecule has 0 aromatic heterocycles. The number of halogens is 1. The van der Waals surface area contributed by atoms with Gasteiger partial charge in [0.05, 0.1) is 12.5 Å². The van der Waals surface area contributed by atoms with Crippen molar-refractivity contribution in [3.8, 4) is 5.75 Å². The first-order valence-corrected chi connectivity index (χ1v) is 7.18. The molecule has 114 valence electrons. The summed E-state index contributed by atoms with van der Waals surface area (Å²) < 4.78 is 5.20. The van der Waals surface area contributed by atoms with Gasteiger partial charge in [-0.15, -0.1) is 0 Å². The molecule has 0 spiro atoms. The van der Waals surface area contributed by atoms with Crippen LogP contribution < -0.4 is 10.1 Å². The van der Waals surface area contributed by atoms with Gasteiger partial charge in [0.1, 0.15) is 5.75 Å². The number of methoxy groups -OCH3 is 1. The van der Waals surface area contributed by atoms with Crippen LogP contribution in [0.1, 0.15) is 31.2 Å². The number of aliphatic carboxylic acids is 1. The topological polar surface area (TPSA) is 75.6 Å². The lowest BCUT2D eigenvalue weighted by atomic mass is 9.66. The van der Waals surface area contributed by atoms with Crippen LogP contribution >= 0.6 is 11.6 Å². The number of carboxylic acid groups (broad SMARTS) is 1. The molecule has 1 aliphatic carbocycles. The summed E-state index contributed by atoms with van der Waals surface area (Å²) in [6.45, 7) is 0.220. The number of ether oxygens (including phenoxy) is 1. The van der Waals surface area contributed by atoms with Gasteiger partial charge in [-0.05, 0) is 25.0 Å². The first-order chi connectivity index (χ1) is 9.98. The highest BCUT2D eigenvalue weighted by atomic mass is 35.5. The molecule has 1 fully saturated rings. The van der Waals surface area contributed by atoms with E-state index in [1.165, 1.54) is 7.11 Å². The van der Waals surface area contributed by atoms with Crippen molar-refractivity contribution in [2.75, 3.05) is 7.11 Å². The molecule has 1 aromatic carbocycles. The van der Waals surface area contributed by atoms with Crippen molar-refractivity contribution in [3.05, 3.63) is 28.8 Å². The highest BCUT2D eigenvalue weighted by molar-refractivity contribution is 6.31. The van der Waals surface area contributed by atoms with E-state index in [-0.39, 0.29) is 18.9 Å². The lowest BCUT2D eigenvalue weighted by molar-refractivity contribution is -0.157. The van der Waals surface area contributed by atoms with Gasteiger partial charge in [0, 0.05) is 23.6 Å². The van der Waals surface area contributed by atoms with Crippen LogP contribution in [0.2, 0.25) is 5.02 Å². The van der Waals surface area contributed by atoms with Crippen LogP contribution in [-0.2, 0) is 16.1 Å². The molecular weight excluding hydrogens is 294 g/mol. The quantitative estimate of drug-likeness (QED) is 0.846. The Morgan fingerprint density at radius 3 is 2.67 bits per heavy atom. The zero-order chi connectivity index (χ0) is 15.5. The zero-order valence-electron chi connectivity index (χ0n) is 11.8. The Morgan fingerprint density at radius 2 is 2.14 bits per heavy atom. The number of hydrogen-bond acceptors (Lipinski definition) is 3. The van der Waals surface area contributed by atoms with Gasteiger partial charge in [-0.1, -0.05) is 24.1 Å². The Bertz CT molecular complexity index is 555. The summed E-state index contributed by atoms with van der Waals surface area (Å²) in [6, 6.07) is 5.24. The molecule has 0 heterocycles. The maximum absolute atomic E-state index is 12.0.